The molecule has 2 aliphatic rings. The van der Waals surface area contributed by atoms with Gasteiger partial charge in [-0.1, -0.05) is 12.8 Å². The van der Waals surface area contributed by atoms with E-state index in [0.29, 0.717) is 16.3 Å². The molecule has 2 atom stereocenters. The topological polar surface area (TPSA) is 45.8 Å². The fraction of sp³-hybridized carbons (Fsp3) is 0.524. The van der Waals surface area contributed by atoms with Gasteiger partial charge in [-0.25, -0.2) is 9.37 Å². The Hall–Kier alpha value is -1.62. The van der Waals surface area contributed by atoms with Gasteiger partial charge < -0.3 is 4.98 Å². The van der Waals surface area contributed by atoms with Gasteiger partial charge in [-0.2, -0.15) is 0 Å². The molecular weight excluding hydrogens is 347 g/mol. The van der Waals surface area contributed by atoms with E-state index in [2.05, 4.69) is 9.97 Å². The second-order valence-electron chi connectivity index (χ2n) is 7.57. The maximum Gasteiger partial charge on any atom is 0.133 e. The molecule has 1 aromatic heterocycles. The summed E-state index contributed by atoms with van der Waals surface area (Å²) in [5, 5.41) is 1.10. The van der Waals surface area contributed by atoms with Gasteiger partial charge in [-0.3, -0.25) is 4.79 Å². The van der Waals surface area contributed by atoms with E-state index in [4.69, 9.17) is 0 Å². The van der Waals surface area contributed by atoms with Crippen molar-refractivity contribution in [1.29, 1.82) is 0 Å². The summed E-state index contributed by atoms with van der Waals surface area (Å²) in [6.07, 6.45) is 10.6. The van der Waals surface area contributed by atoms with Crippen LogP contribution in [0, 0.1) is 11.7 Å². The van der Waals surface area contributed by atoms with Gasteiger partial charge in [0.05, 0.1) is 17.1 Å². The number of hydrogen-bond donors (Lipinski definition) is 1. The first-order valence-electron chi connectivity index (χ1n) is 9.67. The molecule has 2 fully saturated rings. The van der Waals surface area contributed by atoms with Crippen LogP contribution in [0.1, 0.15) is 62.4 Å². The molecule has 2 aromatic rings. The minimum Gasteiger partial charge on any atom is -0.341 e. The molecule has 1 aliphatic heterocycles. The largest absolute Gasteiger partial charge is 0.341 e. The molecule has 26 heavy (non-hydrogen) atoms. The van der Waals surface area contributed by atoms with Crippen LogP contribution < -0.4 is 0 Å². The van der Waals surface area contributed by atoms with Crippen LogP contribution in [0.2, 0.25) is 0 Å². The number of halogens is 1. The standard InChI is InChI=1S/C21H25FN2OS/c22-16-10-8-15(9-11-16)18-13-23-21(24-18)20-19(26-20)5-3-1-2-4-17(25)12-14-6-7-14/h8-11,13-14,19-20H,1-7,12H2,(H,23,24). The van der Waals surface area contributed by atoms with Gasteiger partial charge in [0.25, 0.3) is 0 Å². The molecule has 0 amide bonds. The van der Waals surface area contributed by atoms with Crippen LogP contribution in [0.3, 0.4) is 0 Å². The third-order valence-electron chi connectivity index (χ3n) is 5.26. The van der Waals surface area contributed by atoms with E-state index in [1.54, 1.807) is 12.1 Å². The summed E-state index contributed by atoms with van der Waals surface area (Å²) in [7, 11) is 0. The number of unbranched alkanes of at least 4 members (excludes halogenated alkanes) is 2. The predicted octanol–water partition coefficient (Wildman–Crippen LogP) is 5.69. The van der Waals surface area contributed by atoms with Gasteiger partial charge in [-0.05, 0) is 61.4 Å². The molecule has 0 bridgehead atoms. The van der Waals surface area contributed by atoms with E-state index in [9.17, 15) is 9.18 Å². The van der Waals surface area contributed by atoms with Crippen molar-refractivity contribution in [3.05, 3.63) is 42.1 Å². The molecule has 138 valence electrons. The lowest BCUT2D eigenvalue weighted by Crippen LogP contribution is -1.99. The van der Waals surface area contributed by atoms with Crippen LogP contribution >= 0.6 is 11.8 Å². The zero-order valence-electron chi connectivity index (χ0n) is 14.9. The van der Waals surface area contributed by atoms with Crippen molar-refractivity contribution in [1.82, 2.24) is 9.97 Å². The summed E-state index contributed by atoms with van der Waals surface area (Å²) in [4.78, 5) is 19.6. The highest BCUT2D eigenvalue weighted by molar-refractivity contribution is 8.07. The Morgan fingerprint density at radius 2 is 2.00 bits per heavy atom. The lowest BCUT2D eigenvalue weighted by molar-refractivity contribution is -0.119. The zero-order chi connectivity index (χ0) is 17.9. The molecule has 0 spiro atoms. The van der Waals surface area contributed by atoms with Crippen molar-refractivity contribution in [2.45, 2.75) is 61.9 Å². The summed E-state index contributed by atoms with van der Waals surface area (Å²) >= 11 is 1.96. The number of nitrogens with one attached hydrogen (secondary N) is 1. The van der Waals surface area contributed by atoms with Crippen molar-refractivity contribution in [2.75, 3.05) is 0 Å². The number of ketones is 1. The van der Waals surface area contributed by atoms with Gasteiger partial charge in [0.2, 0.25) is 0 Å². The second kappa shape index (κ2) is 7.95. The number of thioether (sulfide) groups is 1. The molecule has 2 unspecified atom stereocenters. The first-order valence-corrected chi connectivity index (χ1v) is 10.6. The predicted molar refractivity (Wildman–Crippen MR) is 104 cm³/mol. The van der Waals surface area contributed by atoms with Crippen molar-refractivity contribution in [3.8, 4) is 11.3 Å². The number of aromatic amines is 1. The lowest BCUT2D eigenvalue weighted by atomic mass is 10.0. The maximum absolute atomic E-state index is 13.0. The molecule has 0 radical (unpaired) electrons. The maximum atomic E-state index is 13.0. The lowest BCUT2D eigenvalue weighted by Gasteiger charge is -2.00. The fourth-order valence-electron chi connectivity index (χ4n) is 3.45. The molecule has 1 saturated heterocycles. The number of nitrogens with zero attached hydrogens (tertiary/aromatic N) is 1. The summed E-state index contributed by atoms with van der Waals surface area (Å²) in [5.74, 6) is 1.99. The van der Waals surface area contributed by atoms with Crippen LogP contribution in [-0.2, 0) is 4.79 Å². The van der Waals surface area contributed by atoms with E-state index in [1.165, 1.54) is 37.8 Å². The molecule has 2 heterocycles. The number of benzene rings is 1. The highest BCUT2D eigenvalue weighted by Gasteiger charge is 2.41. The Bertz CT molecular complexity index is 754. The Morgan fingerprint density at radius 1 is 1.19 bits per heavy atom. The summed E-state index contributed by atoms with van der Waals surface area (Å²) in [6, 6.07) is 6.49. The molecule has 5 heteroatoms. The van der Waals surface area contributed by atoms with Gasteiger partial charge in [0, 0.05) is 18.1 Å². The Balaban J connectivity index is 1.16. The number of hydrogen-bond acceptors (Lipinski definition) is 3. The molecule has 4 rings (SSSR count). The number of carbonyl (C=O) groups is 1. The Morgan fingerprint density at radius 3 is 2.77 bits per heavy atom. The van der Waals surface area contributed by atoms with Crippen LogP contribution in [0.4, 0.5) is 4.39 Å². The minimum atomic E-state index is -0.222. The molecule has 1 saturated carbocycles. The quantitative estimate of drug-likeness (QED) is 0.430. The second-order valence-corrected chi connectivity index (χ2v) is 8.96. The number of imidazole rings is 1. The van der Waals surface area contributed by atoms with Crippen molar-refractivity contribution in [2.24, 2.45) is 5.92 Å². The van der Waals surface area contributed by atoms with Crippen LogP contribution in [0.15, 0.2) is 30.5 Å². The number of rotatable bonds is 10. The van der Waals surface area contributed by atoms with Gasteiger partial charge >= 0.3 is 0 Å². The van der Waals surface area contributed by atoms with E-state index in [1.807, 2.05) is 18.0 Å². The van der Waals surface area contributed by atoms with Gasteiger partial charge in [0.1, 0.15) is 17.4 Å². The number of aromatic nitrogens is 2. The molecular formula is C21H25FN2OS. The monoisotopic (exact) mass is 372 g/mol. The minimum absolute atomic E-state index is 0.222. The zero-order valence-corrected chi connectivity index (χ0v) is 15.7. The summed E-state index contributed by atoms with van der Waals surface area (Å²) in [6.45, 7) is 0. The highest BCUT2D eigenvalue weighted by Crippen LogP contribution is 2.56. The molecule has 1 aliphatic carbocycles. The highest BCUT2D eigenvalue weighted by atomic mass is 32.2. The van der Waals surface area contributed by atoms with E-state index < -0.39 is 0 Å². The van der Waals surface area contributed by atoms with Crippen molar-refractivity contribution in [3.63, 3.8) is 0 Å². The molecule has 3 nitrogen and oxygen atoms in total. The summed E-state index contributed by atoms with van der Waals surface area (Å²) in [5.41, 5.74) is 1.91. The average Bonchev–Trinajstić information content (AvgIpc) is 3.55. The third kappa shape index (κ3) is 4.76. The van der Waals surface area contributed by atoms with Crippen molar-refractivity contribution >= 4 is 17.5 Å². The van der Waals surface area contributed by atoms with Gasteiger partial charge in [-0.15, -0.1) is 11.8 Å². The Labute approximate surface area is 158 Å². The van der Waals surface area contributed by atoms with Crippen LogP contribution in [0.5, 0.6) is 0 Å². The fourth-order valence-corrected chi connectivity index (χ4v) is 4.55. The number of carbonyl (C=O) groups excluding carboxylic acids is 1. The van der Waals surface area contributed by atoms with Crippen molar-refractivity contribution < 1.29 is 9.18 Å². The first kappa shape index (κ1) is 17.8. The van der Waals surface area contributed by atoms with E-state index >= 15 is 0 Å². The van der Waals surface area contributed by atoms with Crippen LogP contribution in [0.25, 0.3) is 11.3 Å². The molecule has 1 aromatic carbocycles. The average molecular weight is 373 g/mol. The summed E-state index contributed by atoms with van der Waals surface area (Å²) < 4.78 is 13.0. The Kier molecular flexibility index (Phi) is 5.44. The number of H-pyrrole nitrogens is 1. The van der Waals surface area contributed by atoms with Gasteiger partial charge in [0.15, 0.2) is 0 Å². The third-order valence-corrected chi connectivity index (χ3v) is 6.65. The van der Waals surface area contributed by atoms with E-state index in [-0.39, 0.29) is 5.82 Å². The van der Waals surface area contributed by atoms with E-state index in [0.717, 1.165) is 48.7 Å². The first-order chi connectivity index (χ1) is 12.7. The van der Waals surface area contributed by atoms with Crippen LogP contribution in [-0.4, -0.2) is 21.0 Å². The molecule has 1 N–H and O–H groups in total. The SMILES string of the molecule is O=C(CCCCCC1SC1c1ncc(-c2ccc(F)cc2)[nH]1)CC1CC1. The number of Topliss-reactive ketones (excluding diaryl/α,β-unsaturated/α-hetero) is 1. The normalized spacial score (nSPS) is 21.7. The smallest absolute Gasteiger partial charge is 0.133 e.